The van der Waals surface area contributed by atoms with Crippen LogP contribution in [-0.4, -0.2) is 32.2 Å². The van der Waals surface area contributed by atoms with Gasteiger partial charge in [0.15, 0.2) is 0 Å². The van der Waals surface area contributed by atoms with Crippen molar-refractivity contribution in [1.82, 2.24) is 0 Å². The molecule has 0 amide bonds. The Hall–Kier alpha value is -0.0400. The molecule has 0 saturated heterocycles. The van der Waals surface area contributed by atoms with Gasteiger partial charge in [-0.1, -0.05) is 27.7 Å². The first kappa shape index (κ1) is 12.0. The van der Waals surface area contributed by atoms with Gasteiger partial charge in [-0.25, -0.2) is 0 Å². The van der Waals surface area contributed by atoms with Gasteiger partial charge in [-0.15, -0.1) is 0 Å². The van der Waals surface area contributed by atoms with Gasteiger partial charge in [0.2, 0.25) is 0 Å². The van der Waals surface area contributed by atoms with Crippen molar-refractivity contribution in [3.63, 3.8) is 0 Å². The maximum Gasteiger partial charge on any atom is 0.0813 e. The molecule has 0 aliphatic carbocycles. The third-order valence-electron chi connectivity index (χ3n) is 2.49. The third-order valence-corrected chi connectivity index (χ3v) is 2.49. The van der Waals surface area contributed by atoms with E-state index >= 15 is 0 Å². The molecule has 0 fully saturated rings. The average Bonchev–Trinajstić information content (AvgIpc) is 1.78. The fourth-order valence-corrected chi connectivity index (χ4v) is 1.68. The van der Waals surface area contributed by atoms with Crippen LogP contribution in [0.15, 0.2) is 0 Å². The quantitative estimate of drug-likeness (QED) is 0.574. The summed E-state index contributed by atoms with van der Waals surface area (Å²) < 4.78 is 1.08. The van der Waals surface area contributed by atoms with Gasteiger partial charge in [-0.05, 0) is 11.8 Å². The lowest BCUT2D eigenvalue weighted by molar-refractivity contribution is -0.874. The zero-order valence-corrected chi connectivity index (χ0v) is 9.94. The highest BCUT2D eigenvalue weighted by molar-refractivity contribution is 4.72. The summed E-state index contributed by atoms with van der Waals surface area (Å²) in [6.07, 6.45) is 1.29. The van der Waals surface area contributed by atoms with Crippen molar-refractivity contribution < 1.29 is 4.48 Å². The summed E-state index contributed by atoms with van der Waals surface area (Å²) >= 11 is 0. The first-order valence-corrected chi connectivity index (χ1v) is 4.97. The van der Waals surface area contributed by atoms with Crippen LogP contribution in [0.2, 0.25) is 0 Å². The smallest absolute Gasteiger partial charge is 0.0813 e. The summed E-state index contributed by atoms with van der Waals surface area (Å²) in [6, 6.07) is 0. The molecule has 0 rings (SSSR count). The first-order chi connectivity index (χ1) is 5.17. The number of nitrogens with zero attached hydrogens (tertiary/aromatic N) is 1. The second kappa shape index (κ2) is 3.78. The van der Waals surface area contributed by atoms with Crippen molar-refractivity contribution in [2.24, 2.45) is 11.3 Å². The topological polar surface area (TPSA) is 0 Å². The summed E-state index contributed by atoms with van der Waals surface area (Å²) in [5, 5.41) is 0. The molecule has 1 nitrogen and oxygen atoms in total. The molecule has 1 heteroatoms. The lowest BCUT2D eigenvalue weighted by Crippen LogP contribution is -2.42. The van der Waals surface area contributed by atoms with Gasteiger partial charge in [0.05, 0.1) is 27.7 Å². The van der Waals surface area contributed by atoms with E-state index in [4.69, 9.17) is 0 Å². The van der Waals surface area contributed by atoms with Gasteiger partial charge >= 0.3 is 0 Å². The summed E-state index contributed by atoms with van der Waals surface area (Å²) in [7, 11) is 6.82. The molecule has 0 aromatic carbocycles. The van der Waals surface area contributed by atoms with Crippen LogP contribution in [0.4, 0.5) is 0 Å². The number of hydrogen-bond acceptors (Lipinski definition) is 0. The zero-order chi connectivity index (χ0) is 9.99. The molecule has 0 aromatic heterocycles. The van der Waals surface area contributed by atoms with Gasteiger partial charge in [0.25, 0.3) is 0 Å². The van der Waals surface area contributed by atoms with Gasteiger partial charge in [0.1, 0.15) is 0 Å². The molecule has 0 heterocycles. The molecule has 0 bridgehead atoms. The Balaban J connectivity index is 4.20. The average molecular weight is 172 g/mol. The Morgan fingerprint density at radius 3 is 1.58 bits per heavy atom. The maximum absolute atomic E-state index is 2.34. The summed E-state index contributed by atoms with van der Waals surface area (Å²) in [5.74, 6) is 0.831. The molecule has 0 aromatic rings. The van der Waals surface area contributed by atoms with E-state index in [9.17, 15) is 0 Å². The van der Waals surface area contributed by atoms with Crippen molar-refractivity contribution >= 4 is 0 Å². The molecule has 0 spiro atoms. The highest BCUT2D eigenvalue weighted by atomic mass is 15.3. The van der Waals surface area contributed by atoms with Gasteiger partial charge in [0, 0.05) is 5.92 Å². The zero-order valence-electron chi connectivity index (χ0n) is 9.94. The second-order valence-electron chi connectivity index (χ2n) is 5.94. The van der Waals surface area contributed by atoms with Crippen LogP contribution < -0.4 is 0 Å². The van der Waals surface area contributed by atoms with Crippen LogP contribution in [0.25, 0.3) is 0 Å². The highest BCUT2D eigenvalue weighted by Crippen LogP contribution is 2.29. The van der Waals surface area contributed by atoms with Crippen molar-refractivity contribution in [2.75, 3.05) is 27.7 Å². The fraction of sp³-hybridized carbons (Fsp3) is 1.00. The summed E-state index contributed by atoms with van der Waals surface area (Å²) in [6.45, 7) is 10.6. The van der Waals surface area contributed by atoms with E-state index in [0.717, 1.165) is 10.4 Å². The number of quaternary nitrogens is 1. The molecule has 0 saturated carbocycles. The number of rotatable bonds is 3. The summed E-state index contributed by atoms with van der Waals surface area (Å²) in [5.41, 5.74) is 0.459. The molecular weight excluding hydrogens is 146 g/mol. The predicted molar refractivity (Wildman–Crippen MR) is 56.1 cm³/mol. The normalized spacial score (nSPS) is 16.2. The molecule has 0 aliphatic rings. The number of hydrogen-bond donors (Lipinski definition) is 0. The Bertz CT molecular complexity index is 125. The predicted octanol–water partition coefficient (Wildman–Crippen LogP) is 2.76. The van der Waals surface area contributed by atoms with Crippen LogP contribution in [0, 0.1) is 11.3 Å². The second-order valence-corrected chi connectivity index (χ2v) is 5.94. The summed E-state index contributed by atoms with van der Waals surface area (Å²) in [4.78, 5) is 0. The largest absolute Gasteiger partial charge is 0.331 e. The van der Waals surface area contributed by atoms with E-state index in [1.807, 2.05) is 0 Å². The van der Waals surface area contributed by atoms with Crippen LogP contribution >= 0.6 is 0 Å². The molecule has 74 valence electrons. The molecular formula is C11H26N+. The minimum absolute atomic E-state index is 0.459. The van der Waals surface area contributed by atoms with Gasteiger partial charge in [-0.2, -0.15) is 0 Å². The fourth-order valence-electron chi connectivity index (χ4n) is 1.68. The Morgan fingerprint density at radius 2 is 1.50 bits per heavy atom. The molecule has 0 N–H and O–H groups in total. The van der Waals surface area contributed by atoms with E-state index in [1.165, 1.54) is 13.0 Å². The van der Waals surface area contributed by atoms with E-state index in [2.05, 4.69) is 48.8 Å². The van der Waals surface area contributed by atoms with Gasteiger partial charge in [-0.3, -0.25) is 0 Å². The Labute approximate surface area is 78.4 Å². The third kappa shape index (κ3) is 4.76. The Kier molecular flexibility index (Phi) is 3.77. The van der Waals surface area contributed by atoms with Crippen molar-refractivity contribution in [2.45, 2.75) is 34.1 Å². The monoisotopic (exact) mass is 172 g/mol. The van der Waals surface area contributed by atoms with Crippen LogP contribution in [0.1, 0.15) is 34.1 Å². The van der Waals surface area contributed by atoms with Crippen LogP contribution in [-0.2, 0) is 0 Å². The molecule has 1 atom stereocenters. The highest BCUT2D eigenvalue weighted by Gasteiger charge is 2.27. The van der Waals surface area contributed by atoms with E-state index in [0.29, 0.717) is 5.41 Å². The first-order valence-electron chi connectivity index (χ1n) is 4.97. The lowest BCUT2D eigenvalue weighted by atomic mass is 9.78. The standard InChI is InChI=1S/C11H26N/c1-8-10(11(2,3)4)9-12(5,6)7/h10H,8-9H2,1-7H3/q+1. The molecule has 0 aliphatic heterocycles. The van der Waals surface area contributed by atoms with Crippen molar-refractivity contribution in [3.05, 3.63) is 0 Å². The van der Waals surface area contributed by atoms with E-state index in [1.54, 1.807) is 0 Å². The SMILES string of the molecule is CCC(C[N+](C)(C)C)C(C)(C)C. The van der Waals surface area contributed by atoms with Gasteiger partial charge < -0.3 is 4.48 Å². The van der Waals surface area contributed by atoms with Crippen molar-refractivity contribution in [3.8, 4) is 0 Å². The Morgan fingerprint density at radius 1 is 1.08 bits per heavy atom. The van der Waals surface area contributed by atoms with E-state index < -0.39 is 0 Å². The lowest BCUT2D eigenvalue weighted by Gasteiger charge is -2.36. The maximum atomic E-state index is 2.34. The molecule has 0 radical (unpaired) electrons. The van der Waals surface area contributed by atoms with E-state index in [-0.39, 0.29) is 0 Å². The minimum atomic E-state index is 0.459. The minimum Gasteiger partial charge on any atom is -0.331 e. The van der Waals surface area contributed by atoms with Crippen molar-refractivity contribution in [1.29, 1.82) is 0 Å². The van der Waals surface area contributed by atoms with Crippen LogP contribution in [0.3, 0.4) is 0 Å². The molecule has 1 unspecified atom stereocenters. The molecule has 12 heavy (non-hydrogen) atoms. The van der Waals surface area contributed by atoms with Crippen LogP contribution in [0.5, 0.6) is 0 Å².